The fraction of sp³-hybridized carbons (Fsp3) is 0.526. The third-order valence-corrected chi connectivity index (χ3v) is 4.60. The van der Waals surface area contributed by atoms with Crippen LogP contribution in [-0.4, -0.2) is 44.2 Å². The Morgan fingerprint density at radius 2 is 1.67 bits per heavy atom. The largest absolute Gasteiger partial charge is 0.369 e. The molecule has 5 heteroatoms. The van der Waals surface area contributed by atoms with E-state index in [9.17, 15) is 4.79 Å². The van der Waals surface area contributed by atoms with Gasteiger partial charge in [-0.1, -0.05) is 26.3 Å². The molecule has 5 nitrogen and oxygen atoms in total. The highest BCUT2D eigenvalue weighted by Crippen LogP contribution is 2.23. The second-order valence-corrected chi connectivity index (χ2v) is 7.51. The summed E-state index contributed by atoms with van der Waals surface area (Å²) in [7, 11) is 2.15. The van der Waals surface area contributed by atoms with E-state index in [1.807, 2.05) is 19.1 Å². The van der Waals surface area contributed by atoms with Crippen LogP contribution in [0.1, 0.15) is 27.7 Å². The number of carbonyl (C=O) groups is 1. The monoisotopic (exact) mass is 330 g/mol. The first kappa shape index (κ1) is 18.3. The minimum atomic E-state index is -0.217. The molecule has 0 spiro atoms. The summed E-state index contributed by atoms with van der Waals surface area (Å²) in [6.45, 7) is 12.6. The molecule has 0 radical (unpaired) electrons. The van der Waals surface area contributed by atoms with E-state index in [2.05, 4.69) is 60.4 Å². The van der Waals surface area contributed by atoms with E-state index in [1.165, 1.54) is 5.69 Å². The van der Waals surface area contributed by atoms with Gasteiger partial charge in [0.15, 0.2) is 0 Å². The van der Waals surface area contributed by atoms with Crippen LogP contribution in [0.15, 0.2) is 36.0 Å². The number of piperazine rings is 1. The molecule has 24 heavy (non-hydrogen) atoms. The number of nitrogens with zero attached hydrogens (tertiary/aromatic N) is 2. The Labute approximate surface area is 145 Å². The molecule has 2 N–H and O–H groups in total. The zero-order valence-corrected chi connectivity index (χ0v) is 15.5. The summed E-state index contributed by atoms with van der Waals surface area (Å²) in [6.07, 6.45) is 1.77. The number of nitrogens with one attached hydrogen (secondary N) is 2. The van der Waals surface area contributed by atoms with Crippen LogP contribution in [-0.2, 0) is 0 Å². The lowest BCUT2D eigenvalue weighted by molar-refractivity contribution is 0.255. The smallest absolute Gasteiger partial charge is 0.323 e. The molecule has 1 aliphatic rings. The van der Waals surface area contributed by atoms with E-state index in [4.69, 9.17) is 0 Å². The van der Waals surface area contributed by atoms with Gasteiger partial charge in [-0.15, -0.1) is 0 Å². The summed E-state index contributed by atoms with van der Waals surface area (Å²) >= 11 is 0. The second-order valence-electron chi connectivity index (χ2n) is 7.51. The zero-order valence-electron chi connectivity index (χ0n) is 15.5. The van der Waals surface area contributed by atoms with Crippen LogP contribution in [0.3, 0.4) is 0 Å². The summed E-state index contributed by atoms with van der Waals surface area (Å²) in [6, 6.07) is 7.82. The van der Waals surface area contributed by atoms with Crippen LogP contribution in [0, 0.1) is 5.41 Å². The lowest BCUT2D eigenvalue weighted by Gasteiger charge is -2.34. The van der Waals surface area contributed by atoms with Crippen LogP contribution >= 0.6 is 0 Å². The molecule has 0 saturated carbocycles. The Balaban J connectivity index is 1.88. The van der Waals surface area contributed by atoms with Crippen molar-refractivity contribution in [1.82, 2.24) is 10.2 Å². The molecule has 2 rings (SSSR count). The van der Waals surface area contributed by atoms with E-state index in [1.54, 1.807) is 6.20 Å². The van der Waals surface area contributed by atoms with Crippen molar-refractivity contribution in [2.45, 2.75) is 27.7 Å². The van der Waals surface area contributed by atoms with Gasteiger partial charge in [-0.2, -0.15) is 0 Å². The average molecular weight is 330 g/mol. The van der Waals surface area contributed by atoms with E-state index >= 15 is 0 Å². The summed E-state index contributed by atoms with van der Waals surface area (Å²) in [5, 5.41) is 5.66. The van der Waals surface area contributed by atoms with Crippen molar-refractivity contribution in [2.75, 3.05) is 43.4 Å². The minimum absolute atomic E-state index is 0.0530. The summed E-state index contributed by atoms with van der Waals surface area (Å²) in [4.78, 5) is 16.7. The van der Waals surface area contributed by atoms with Crippen LogP contribution < -0.4 is 15.5 Å². The van der Waals surface area contributed by atoms with Crippen LogP contribution in [0.2, 0.25) is 0 Å². The van der Waals surface area contributed by atoms with Gasteiger partial charge in [0, 0.05) is 43.8 Å². The van der Waals surface area contributed by atoms with Gasteiger partial charge in [0.05, 0.1) is 0 Å². The Kier molecular flexibility index (Phi) is 5.89. The topological polar surface area (TPSA) is 47.6 Å². The molecule has 1 aliphatic heterocycles. The van der Waals surface area contributed by atoms with Crippen molar-refractivity contribution in [1.29, 1.82) is 0 Å². The van der Waals surface area contributed by atoms with Crippen molar-refractivity contribution < 1.29 is 4.79 Å². The van der Waals surface area contributed by atoms with E-state index < -0.39 is 0 Å². The van der Waals surface area contributed by atoms with Gasteiger partial charge in [-0.25, -0.2) is 4.79 Å². The minimum Gasteiger partial charge on any atom is -0.369 e. The Morgan fingerprint density at radius 1 is 1.08 bits per heavy atom. The maximum Gasteiger partial charge on any atom is 0.323 e. The van der Waals surface area contributed by atoms with Gasteiger partial charge in [-0.3, -0.25) is 0 Å². The Hall–Kier alpha value is -2.01. The van der Waals surface area contributed by atoms with Gasteiger partial charge in [0.1, 0.15) is 0 Å². The summed E-state index contributed by atoms with van der Waals surface area (Å²) in [5.74, 6) is 0. The SMILES string of the molecule is C/C(=C\NC(=O)Nc1ccc(N2CCN(C)CC2)cc1)C(C)(C)C. The molecule has 0 atom stereocenters. The number of carbonyl (C=O) groups excluding carboxylic acids is 1. The van der Waals surface area contributed by atoms with E-state index in [0.29, 0.717) is 0 Å². The molecule has 0 bridgehead atoms. The Bertz CT molecular complexity index is 578. The van der Waals surface area contributed by atoms with Gasteiger partial charge in [-0.05, 0) is 43.7 Å². The second kappa shape index (κ2) is 7.71. The first-order valence-corrected chi connectivity index (χ1v) is 8.54. The number of likely N-dealkylation sites (N-methyl/N-ethyl adjacent to an activating group) is 1. The number of hydrogen-bond donors (Lipinski definition) is 2. The molecule has 1 heterocycles. The molecule has 1 aromatic rings. The number of allylic oxidation sites excluding steroid dienone is 1. The average Bonchev–Trinajstić information content (AvgIpc) is 2.53. The summed E-state index contributed by atoms with van der Waals surface area (Å²) < 4.78 is 0. The molecule has 132 valence electrons. The van der Waals surface area contributed by atoms with Gasteiger partial charge in [0.25, 0.3) is 0 Å². The van der Waals surface area contributed by atoms with Crippen molar-refractivity contribution in [3.8, 4) is 0 Å². The molecule has 0 aliphatic carbocycles. The third-order valence-electron chi connectivity index (χ3n) is 4.60. The normalized spacial score (nSPS) is 16.9. The molecular formula is C19H30N4O. The molecule has 1 fully saturated rings. The number of benzene rings is 1. The molecule has 2 amide bonds. The van der Waals surface area contributed by atoms with Gasteiger partial charge < -0.3 is 20.4 Å². The number of hydrogen-bond acceptors (Lipinski definition) is 3. The van der Waals surface area contributed by atoms with Crippen LogP contribution in [0.25, 0.3) is 0 Å². The highest BCUT2D eigenvalue weighted by Gasteiger charge is 2.14. The molecule has 1 saturated heterocycles. The van der Waals surface area contributed by atoms with E-state index in [0.717, 1.165) is 37.4 Å². The van der Waals surface area contributed by atoms with Crippen molar-refractivity contribution in [3.05, 3.63) is 36.0 Å². The fourth-order valence-corrected chi connectivity index (χ4v) is 2.38. The van der Waals surface area contributed by atoms with Crippen LogP contribution in [0.5, 0.6) is 0 Å². The predicted molar refractivity (Wildman–Crippen MR) is 102 cm³/mol. The number of rotatable bonds is 3. The highest BCUT2D eigenvalue weighted by molar-refractivity contribution is 5.90. The maximum absolute atomic E-state index is 12.0. The first-order valence-electron chi connectivity index (χ1n) is 8.54. The van der Waals surface area contributed by atoms with Crippen LogP contribution in [0.4, 0.5) is 16.2 Å². The van der Waals surface area contributed by atoms with E-state index in [-0.39, 0.29) is 11.4 Å². The highest BCUT2D eigenvalue weighted by atomic mass is 16.2. The zero-order chi connectivity index (χ0) is 17.7. The van der Waals surface area contributed by atoms with Gasteiger partial charge >= 0.3 is 6.03 Å². The predicted octanol–water partition coefficient (Wildman–Crippen LogP) is 3.51. The van der Waals surface area contributed by atoms with Crippen molar-refractivity contribution in [3.63, 3.8) is 0 Å². The van der Waals surface area contributed by atoms with Gasteiger partial charge in [0.2, 0.25) is 0 Å². The summed E-state index contributed by atoms with van der Waals surface area (Å²) in [5.41, 5.74) is 3.19. The number of urea groups is 1. The maximum atomic E-state index is 12.0. The van der Waals surface area contributed by atoms with Crippen molar-refractivity contribution in [2.24, 2.45) is 5.41 Å². The lowest BCUT2D eigenvalue weighted by atomic mass is 9.88. The standard InChI is InChI=1S/C19H30N4O/c1-15(19(2,3)4)14-20-18(24)21-16-6-8-17(9-7-16)23-12-10-22(5)11-13-23/h6-9,14H,10-13H2,1-5H3,(H2,20,21,24)/b15-14+. The quantitative estimate of drug-likeness (QED) is 0.891. The third kappa shape index (κ3) is 5.27. The van der Waals surface area contributed by atoms with Crippen molar-refractivity contribution >= 4 is 17.4 Å². The number of anilines is 2. The Morgan fingerprint density at radius 3 is 2.21 bits per heavy atom. The fourth-order valence-electron chi connectivity index (χ4n) is 2.38. The molecule has 0 unspecified atom stereocenters. The first-order chi connectivity index (χ1) is 11.3. The molecule has 1 aromatic carbocycles. The number of amides is 2. The molecule has 0 aromatic heterocycles. The lowest BCUT2D eigenvalue weighted by Crippen LogP contribution is -2.44. The molecular weight excluding hydrogens is 300 g/mol.